The van der Waals surface area contributed by atoms with Gasteiger partial charge in [-0.15, -0.1) is 0 Å². The molecule has 0 fully saturated rings. The van der Waals surface area contributed by atoms with Crippen molar-refractivity contribution in [2.45, 2.75) is 0 Å². The van der Waals surface area contributed by atoms with Gasteiger partial charge in [-0.1, -0.05) is 0 Å². The SMILES string of the molecule is COc1cc2c(Nc3ccc(F)cc3Br)ncnc2cc1O. The summed E-state index contributed by atoms with van der Waals surface area (Å²) in [7, 11) is 1.47. The second-order valence-electron chi connectivity index (χ2n) is 4.51. The van der Waals surface area contributed by atoms with Crippen LogP contribution in [-0.4, -0.2) is 22.2 Å². The van der Waals surface area contributed by atoms with Crippen LogP contribution in [0.1, 0.15) is 0 Å². The summed E-state index contributed by atoms with van der Waals surface area (Å²) in [5, 5.41) is 13.6. The Morgan fingerprint density at radius 3 is 2.77 bits per heavy atom. The molecule has 1 heterocycles. The third-order valence-electron chi connectivity index (χ3n) is 3.12. The molecule has 2 N–H and O–H groups in total. The smallest absolute Gasteiger partial charge is 0.161 e. The average Bonchev–Trinajstić information content (AvgIpc) is 2.49. The Morgan fingerprint density at radius 1 is 1.23 bits per heavy atom. The van der Waals surface area contributed by atoms with E-state index in [0.717, 1.165) is 0 Å². The summed E-state index contributed by atoms with van der Waals surface area (Å²) in [6.07, 6.45) is 1.38. The lowest BCUT2D eigenvalue weighted by Gasteiger charge is -2.11. The standard InChI is InChI=1S/C15H11BrFN3O2/c1-22-14-5-9-12(6-13(14)21)18-7-19-15(9)20-11-3-2-8(17)4-10(11)16/h2-7,21H,1H3,(H,18,19,20). The third-order valence-corrected chi connectivity index (χ3v) is 3.78. The van der Waals surface area contributed by atoms with E-state index in [4.69, 9.17) is 4.74 Å². The van der Waals surface area contributed by atoms with E-state index < -0.39 is 0 Å². The highest BCUT2D eigenvalue weighted by atomic mass is 79.9. The van der Waals surface area contributed by atoms with Crippen molar-refractivity contribution in [3.63, 3.8) is 0 Å². The molecule has 0 unspecified atom stereocenters. The zero-order valence-corrected chi connectivity index (χ0v) is 13.1. The summed E-state index contributed by atoms with van der Waals surface area (Å²) in [4.78, 5) is 8.31. The van der Waals surface area contributed by atoms with E-state index >= 15 is 0 Å². The second kappa shape index (κ2) is 5.76. The van der Waals surface area contributed by atoms with Crippen molar-refractivity contribution in [1.29, 1.82) is 0 Å². The number of nitrogens with zero attached hydrogens (tertiary/aromatic N) is 2. The molecular formula is C15H11BrFN3O2. The number of rotatable bonds is 3. The van der Waals surface area contributed by atoms with Crippen LogP contribution in [0.3, 0.4) is 0 Å². The van der Waals surface area contributed by atoms with Crippen molar-refractivity contribution in [2.75, 3.05) is 12.4 Å². The fraction of sp³-hybridized carbons (Fsp3) is 0.0667. The summed E-state index contributed by atoms with van der Waals surface area (Å²) < 4.78 is 18.8. The summed E-state index contributed by atoms with van der Waals surface area (Å²) >= 11 is 3.30. The molecule has 2 aromatic carbocycles. The summed E-state index contributed by atoms with van der Waals surface area (Å²) in [6.45, 7) is 0. The topological polar surface area (TPSA) is 67.3 Å². The van der Waals surface area contributed by atoms with Gasteiger partial charge in [0.15, 0.2) is 11.5 Å². The van der Waals surface area contributed by atoms with Crippen molar-refractivity contribution in [3.05, 3.63) is 46.9 Å². The molecule has 5 nitrogen and oxygen atoms in total. The molecule has 112 valence electrons. The molecule has 0 radical (unpaired) electrons. The molecule has 22 heavy (non-hydrogen) atoms. The van der Waals surface area contributed by atoms with Crippen molar-refractivity contribution in [2.24, 2.45) is 0 Å². The van der Waals surface area contributed by atoms with Crippen LogP contribution in [0.2, 0.25) is 0 Å². The molecule has 0 aliphatic rings. The molecule has 3 aromatic rings. The van der Waals surface area contributed by atoms with E-state index in [2.05, 4.69) is 31.2 Å². The van der Waals surface area contributed by atoms with E-state index in [0.29, 0.717) is 32.6 Å². The number of phenols is 1. The Morgan fingerprint density at radius 2 is 2.05 bits per heavy atom. The first-order valence-electron chi connectivity index (χ1n) is 6.32. The lowest BCUT2D eigenvalue weighted by atomic mass is 10.2. The van der Waals surface area contributed by atoms with Crippen molar-refractivity contribution < 1.29 is 14.2 Å². The fourth-order valence-electron chi connectivity index (χ4n) is 2.05. The Labute approximate surface area is 133 Å². The summed E-state index contributed by atoms with van der Waals surface area (Å²) in [5.41, 5.74) is 1.22. The maximum atomic E-state index is 13.2. The molecule has 0 aliphatic carbocycles. The first kappa shape index (κ1) is 14.5. The minimum atomic E-state index is -0.337. The highest BCUT2D eigenvalue weighted by Gasteiger charge is 2.11. The predicted molar refractivity (Wildman–Crippen MR) is 85.1 cm³/mol. The first-order chi connectivity index (χ1) is 10.6. The lowest BCUT2D eigenvalue weighted by Crippen LogP contribution is -1.97. The van der Waals surface area contributed by atoms with Gasteiger partial charge < -0.3 is 15.2 Å². The van der Waals surface area contributed by atoms with E-state index in [9.17, 15) is 9.50 Å². The molecule has 0 saturated heterocycles. The van der Waals surface area contributed by atoms with Crippen LogP contribution in [0.4, 0.5) is 15.9 Å². The second-order valence-corrected chi connectivity index (χ2v) is 5.37. The average molecular weight is 364 g/mol. The van der Waals surface area contributed by atoms with Crippen LogP contribution in [-0.2, 0) is 0 Å². The fourth-order valence-corrected chi connectivity index (χ4v) is 2.50. The number of hydrogen-bond acceptors (Lipinski definition) is 5. The summed E-state index contributed by atoms with van der Waals surface area (Å²) in [5.74, 6) is 0.512. The number of fused-ring (bicyclic) bond motifs is 1. The van der Waals surface area contributed by atoms with Crippen LogP contribution in [0.15, 0.2) is 41.1 Å². The molecule has 1 aromatic heterocycles. The number of methoxy groups -OCH3 is 1. The van der Waals surface area contributed by atoms with Crippen LogP contribution in [0, 0.1) is 5.82 Å². The highest BCUT2D eigenvalue weighted by molar-refractivity contribution is 9.10. The van der Waals surface area contributed by atoms with Crippen LogP contribution in [0.5, 0.6) is 11.5 Å². The lowest BCUT2D eigenvalue weighted by molar-refractivity contribution is 0.374. The number of aromatic nitrogens is 2. The minimum absolute atomic E-state index is 0.00242. The van der Waals surface area contributed by atoms with Gasteiger partial charge in [-0.3, -0.25) is 0 Å². The number of anilines is 2. The monoisotopic (exact) mass is 363 g/mol. The Kier molecular flexibility index (Phi) is 3.81. The van der Waals surface area contributed by atoms with Gasteiger partial charge in [0.1, 0.15) is 18.0 Å². The largest absolute Gasteiger partial charge is 0.504 e. The first-order valence-corrected chi connectivity index (χ1v) is 7.11. The Balaban J connectivity index is 2.10. The maximum absolute atomic E-state index is 13.2. The molecule has 0 bridgehead atoms. The van der Waals surface area contributed by atoms with E-state index in [1.54, 1.807) is 12.1 Å². The van der Waals surface area contributed by atoms with Crippen molar-refractivity contribution in [1.82, 2.24) is 9.97 Å². The number of ether oxygens (including phenoxy) is 1. The molecule has 0 spiro atoms. The Hall–Kier alpha value is -2.41. The molecule has 0 atom stereocenters. The van der Waals surface area contributed by atoms with Crippen LogP contribution >= 0.6 is 15.9 Å². The number of halogens is 2. The Bertz CT molecular complexity index is 858. The molecule has 7 heteroatoms. The number of nitrogens with one attached hydrogen (secondary N) is 1. The van der Waals surface area contributed by atoms with Crippen LogP contribution < -0.4 is 10.1 Å². The van der Waals surface area contributed by atoms with E-state index in [1.807, 2.05) is 0 Å². The van der Waals surface area contributed by atoms with Gasteiger partial charge in [-0.25, -0.2) is 14.4 Å². The van der Waals surface area contributed by atoms with Gasteiger partial charge in [-0.2, -0.15) is 0 Å². The maximum Gasteiger partial charge on any atom is 0.161 e. The molecule has 0 aliphatic heterocycles. The van der Waals surface area contributed by atoms with Gasteiger partial charge in [-0.05, 0) is 40.2 Å². The minimum Gasteiger partial charge on any atom is -0.504 e. The van der Waals surface area contributed by atoms with Gasteiger partial charge in [0.25, 0.3) is 0 Å². The number of benzene rings is 2. The van der Waals surface area contributed by atoms with Crippen molar-refractivity contribution in [3.8, 4) is 11.5 Å². The molecule has 0 amide bonds. The van der Waals surface area contributed by atoms with Gasteiger partial charge in [0, 0.05) is 15.9 Å². The third kappa shape index (κ3) is 2.67. The quantitative estimate of drug-likeness (QED) is 0.736. The zero-order valence-electron chi connectivity index (χ0n) is 11.5. The molecule has 3 rings (SSSR count). The number of phenolic OH excluding ortho intramolecular Hbond substituents is 1. The van der Waals surface area contributed by atoms with Gasteiger partial charge in [0.05, 0.1) is 18.3 Å². The summed E-state index contributed by atoms with van der Waals surface area (Å²) in [6, 6.07) is 7.46. The van der Waals surface area contributed by atoms with Crippen molar-refractivity contribution >= 4 is 38.3 Å². The van der Waals surface area contributed by atoms with Gasteiger partial charge in [0.2, 0.25) is 0 Å². The van der Waals surface area contributed by atoms with Gasteiger partial charge >= 0.3 is 0 Å². The normalized spacial score (nSPS) is 10.7. The number of aromatic hydroxyl groups is 1. The van der Waals surface area contributed by atoms with E-state index in [-0.39, 0.29) is 11.6 Å². The van der Waals surface area contributed by atoms with E-state index in [1.165, 1.54) is 31.6 Å². The zero-order chi connectivity index (χ0) is 15.7. The highest BCUT2D eigenvalue weighted by Crippen LogP contribution is 2.34. The molecule has 0 saturated carbocycles. The predicted octanol–water partition coefficient (Wildman–Crippen LogP) is 3.99. The van der Waals surface area contributed by atoms with Crippen LogP contribution in [0.25, 0.3) is 10.9 Å². The molecular weight excluding hydrogens is 353 g/mol. The number of hydrogen-bond donors (Lipinski definition) is 2.